The zero-order valence-electron chi connectivity index (χ0n) is 41.8. The summed E-state index contributed by atoms with van der Waals surface area (Å²) in [4.78, 5) is 38.0. The molecule has 368 valence electrons. The molecule has 0 aromatic rings. The number of carbonyl (C=O) groups excluding carboxylic acids is 3. The summed E-state index contributed by atoms with van der Waals surface area (Å²) in [5, 5.41) is 0. The Morgan fingerprint density at radius 2 is 0.642 bits per heavy atom. The van der Waals surface area contributed by atoms with Gasteiger partial charge in [0.25, 0.3) is 0 Å². The molecule has 67 heavy (non-hydrogen) atoms. The number of hydrogen-bond donors (Lipinski definition) is 0. The first-order chi connectivity index (χ1) is 33.0. The van der Waals surface area contributed by atoms with E-state index in [0.29, 0.717) is 12.8 Å². The molecule has 0 saturated heterocycles. The molecule has 1 atom stereocenters. The smallest absolute Gasteiger partial charge is 0.306 e. The Balaban J connectivity index is 4.70. The molecule has 0 rings (SSSR count). The first kappa shape index (κ1) is 61.5. The van der Waals surface area contributed by atoms with Crippen LogP contribution in [0.1, 0.15) is 162 Å². The van der Waals surface area contributed by atoms with Crippen LogP contribution in [0.5, 0.6) is 0 Å². The Morgan fingerprint density at radius 3 is 1.04 bits per heavy atom. The Kier molecular flexibility index (Phi) is 48.8. The SMILES string of the molecule is CC\C=C/C=C\C=C/C=C\C=C\C=C/CCCCCC(=O)OCC(COC(=O)CCCCC/C=C\C/C=C\C/C=C\C/C=C\CC)OC(=O)CC/C=C\C/C=C\C/C=C\C/C=C\C/C=C\CC. The highest BCUT2D eigenvalue weighted by Crippen LogP contribution is 2.10. The molecule has 6 nitrogen and oxygen atoms in total. The van der Waals surface area contributed by atoms with E-state index in [-0.39, 0.29) is 44.4 Å². The van der Waals surface area contributed by atoms with Gasteiger partial charge in [0.2, 0.25) is 0 Å². The second-order valence-electron chi connectivity index (χ2n) is 15.7. The van der Waals surface area contributed by atoms with Crippen LogP contribution in [0.15, 0.2) is 182 Å². The van der Waals surface area contributed by atoms with Crippen molar-refractivity contribution in [2.24, 2.45) is 0 Å². The molecular weight excluding hydrogens is 829 g/mol. The van der Waals surface area contributed by atoms with E-state index >= 15 is 0 Å². The average molecular weight is 917 g/mol. The maximum absolute atomic E-state index is 12.8. The molecule has 0 aromatic heterocycles. The summed E-state index contributed by atoms with van der Waals surface area (Å²) < 4.78 is 16.7. The lowest BCUT2D eigenvalue weighted by Crippen LogP contribution is -2.30. The van der Waals surface area contributed by atoms with Crippen molar-refractivity contribution in [3.05, 3.63) is 182 Å². The van der Waals surface area contributed by atoms with Gasteiger partial charge in [-0.15, -0.1) is 0 Å². The third kappa shape index (κ3) is 51.4. The van der Waals surface area contributed by atoms with Crippen LogP contribution in [0.3, 0.4) is 0 Å². The Labute approximate surface area is 408 Å². The molecule has 0 aliphatic rings. The molecule has 0 fully saturated rings. The molecule has 0 aliphatic heterocycles. The highest BCUT2D eigenvalue weighted by molar-refractivity contribution is 5.71. The van der Waals surface area contributed by atoms with Crippen molar-refractivity contribution >= 4 is 17.9 Å². The first-order valence-electron chi connectivity index (χ1n) is 25.4. The van der Waals surface area contributed by atoms with Gasteiger partial charge in [-0.05, 0) is 109 Å². The zero-order valence-corrected chi connectivity index (χ0v) is 41.8. The predicted octanol–water partition coefficient (Wildman–Crippen LogP) is 17.0. The third-order valence-corrected chi connectivity index (χ3v) is 9.56. The van der Waals surface area contributed by atoms with Gasteiger partial charge < -0.3 is 14.2 Å². The highest BCUT2D eigenvalue weighted by atomic mass is 16.6. The molecule has 0 N–H and O–H groups in total. The van der Waals surface area contributed by atoms with Crippen LogP contribution in [0.4, 0.5) is 0 Å². The summed E-state index contributed by atoms with van der Waals surface area (Å²) in [6.07, 6.45) is 80.2. The van der Waals surface area contributed by atoms with E-state index in [4.69, 9.17) is 14.2 Å². The van der Waals surface area contributed by atoms with E-state index in [1.54, 1.807) is 0 Å². The lowest BCUT2D eigenvalue weighted by Gasteiger charge is -2.18. The Bertz CT molecular complexity index is 1670. The maximum Gasteiger partial charge on any atom is 0.306 e. The fraction of sp³-hybridized carbons (Fsp3) is 0.459. The van der Waals surface area contributed by atoms with Gasteiger partial charge in [-0.1, -0.05) is 216 Å². The van der Waals surface area contributed by atoms with Crippen LogP contribution in [0.2, 0.25) is 0 Å². The van der Waals surface area contributed by atoms with Gasteiger partial charge in [0.1, 0.15) is 13.2 Å². The number of allylic oxidation sites excluding steroid dienone is 30. The predicted molar refractivity (Wildman–Crippen MR) is 287 cm³/mol. The molecule has 0 amide bonds. The van der Waals surface area contributed by atoms with Crippen molar-refractivity contribution in [1.82, 2.24) is 0 Å². The van der Waals surface area contributed by atoms with Crippen molar-refractivity contribution in [2.45, 2.75) is 168 Å². The Morgan fingerprint density at radius 1 is 0.313 bits per heavy atom. The lowest BCUT2D eigenvalue weighted by molar-refractivity contribution is -0.166. The molecular formula is C61H88O6. The van der Waals surface area contributed by atoms with Gasteiger partial charge in [0.15, 0.2) is 6.10 Å². The monoisotopic (exact) mass is 917 g/mol. The van der Waals surface area contributed by atoms with E-state index in [1.165, 1.54) is 0 Å². The second kappa shape index (κ2) is 53.1. The number of ether oxygens (including phenoxy) is 3. The van der Waals surface area contributed by atoms with Gasteiger partial charge >= 0.3 is 17.9 Å². The minimum absolute atomic E-state index is 0.150. The van der Waals surface area contributed by atoms with E-state index in [0.717, 1.165) is 109 Å². The van der Waals surface area contributed by atoms with Crippen molar-refractivity contribution < 1.29 is 28.6 Å². The van der Waals surface area contributed by atoms with Crippen LogP contribution in [0.25, 0.3) is 0 Å². The van der Waals surface area contributed by atoms with Crippen LogP contribution in [0, 0.1) is 0 Å². The first-order valence-corrected chi connectivity index (χ1v) is 25.4. The number of rotatable bonds is 42. The fourth-order valence-electron chi connectivity index (χ4n) is 5.86. The van der Waals surface area contributed by atoms with Gasteiger partial charge in [0, 0.05) is 19.3 Å². The molecule has 0 heterocycles. The largest absolute Gasteiger partial charge is 0.462 e. The topological polar surface area (TPSA) is 78.9 Å². The van der Waals surface area contributed by atoms with E-state index in [1.807, 2.05) is 72.9 Å². The summed E-state index contributed by atoms with van der Waals surface area (Å²) in [6, 6.07) is 0. The van der Waals surface area contributed by atoms with Crippen LogP contribution >= 0.6 is 0 Å². The number of hydrogen-bond acceptors (Lipinski definition) is 6. The van der Waals surface area contributed by atoms with E-state index in [9.17, 15) is 14.4 Å². The molecule has 0 radical (unpaired) electrons. The summed E-state index contributed by atoms with van der Waals surface area (Å²) in [5.41, 5.74) is 0. The van der Waals surface area contributed by atoms with Crippen molar-refractivity contribution in [1.29, 1.82) is 0 Å². The minimum atomic E-state index is -0.860. The van der Waals surface area contributed by atoms with Gasteiger partial charge in [-0.25, -0.2) is 0 Å². The van der Waals surface area contributed by atoms with Crippen molar-refractivity contribution in [3.63, 3.8) is 0 Å². The van der Waals surface area contributed by atoms with Crippen LogP contribution in [-0.4, -0.2) is 37.2 Å². The minimum Gasteiger partial charge on any atom is -0.462 e. The molecule has 0 bridgehead atoms. The van der Waals surface area contributed by atoms with E-state index in [2.05, 4.69) is 130 Å². The summed E-state index contributed by atoms with van der Waals surface area (Å²) >= 11 is 0. The van der Waals surface area contributed by atoms with E-state index < -0.39 is 12.1 Å². The second-order valence-corrected chi connectivity index (χ2v) is 15.7. The normalized spacial score (nSPS) is 13.7. The number of carbonyl (C=O) groups is 3. The highest BCUT2D eigenvalue weighted by Gasteiger charge is 2.19. The molecule has 6 heteroatoms. The Hall–Kier alpha value is -5.49. The van der Waals surface area contributed by atoms with Crippen LogP contribution < -0.4 is 0 Å². The quantitative estimate of drug-likeness (QED) is 0.0200. The van der Waals surface area contributed by atoms with Crippen molar-refractivity contribution in [2.75, 3.05) is 13.2 Å². The lowest BCUT2D eigenvalue weighted by atomic mass is 10.1. The molecule has 0 aromatic carbocycles. The zero-order chi connectivity index (χ0) is 48.6. The number of esters is 3. The molecule has 0 spiro atoms. The van der Waals surface area contributed by atoms with Gasteiger partial charge in [-0.3, -0.25) is 14.4 Å². The fourth-order valence-corrected chi connectivity index (χ4v) is 5.86. The van der Waals surface area contributed by atoms with Crippen LogP contribution in [-0.2, 0) is 28.6 Å². The standard InChI is InChI=1S/C61H88O6/c1-4-7-10-13-16-19-22-25-28-31-34-36-39-42-45-48-51-54-60(63)66-57-58(67-61(64)55-52-49-46-43-40-37-33-30-27-24-21-18-15-12-9-6-3)56-65-59(62)53-50-47-44-41-38-35-32-29-26-23-20-17-14-11-8-5-2/h7-13,16-22,25-31,34-40,46,49,58H,4-6,14-15,23-24,32-33,41-45,47-48,50-57H2,1-3H3/b10-7-,11-8-,12-9-,16-13-,20-17-,21-18-,22-19-,28-25-,29-26-,30-27-,34-31+,38-35-,39-36-,40-37-,49-46-. The summed E-state index contributed by atoms with van der Waals surface area (Å²) in [6.45, 7) is 6.09. The third-order valence-electron chi connectivity index (χ3n) is 9.56. The van der Waals surface area contributed by atoms with Gasteiger partial charge in [0.05, 0.1) is 0 Å². The van der Waals surface area contributed by atoms with Crippen molar-refractivity contribution in [3.8, 4) is 0 Å². The molecule has 0 aliphatic carbocycles. The average Bonchev–Trinajstić information content (AvgIpc) is 3.33. The van der Waals surface area contributed by atoms with Gasteiger partial charge in [-0.2, -0.15) is 0 Å². The number of unbranched alkanes of at least 4 members (excludes halogenated alkanes) is 6. The summed E-state index contributed by atoms with van der Waals surface area (Å²) in [7, 11) is 0. The molecule has 1 unspecified atom stereocenters. The molecule has 0 saturated carbocycles. The maximum atomic E-state index is 12.8. The summed E-state index contributed by atoms with van der Waals surface area (Å²) in [5.74, 6) is -1.13.